The number of carbonyl (C=O) groups is 2. The molecule has 5 heteroatoms. The van der Waals surface area contributed by atoms with Crippen LogP contribution in [0.3, 0.4) is 0 Å². The predicted octanol–water partition coefficient (Wildman–Crippen LogP) is 2.70. The first kappa shape index (κ1) is 14.4. The van der Waals surface area contributed by atoms with E-state index >= 15 is 0 Å². The minimum atomic E-state index is -0.379. The average molecular weight is 277 g/mol. The summed E-state index contributed by atoms with van der Waals surface area (Å²) in [5.41, 5.74) is 1.53. The van der Waals surface area contributed by atoms with Gasteiger partial charge in [0.2, 0.25) is 0 Å². The molecule has 0 radical (unpaired) electrons. The van der Waals surface area contributed by atoms with E-state index < -0.39 is 0 Å². The van der Waals surface area contributed by atoms with Crippen molar-refractivity contribution in [1.82, 2.24) is 0 Å². The Bertz CT molecular complexity index is 514. The van der Waals surface area contributed by atoms with Gasteiger partial charge < -0.3 is 9.47 Å². The van der Waals surface area contributed by atoms with Gasteiger partial charge in [0.05, 0.1) is 25.3 Å². The molecule has 1 aromatic rings. The third-order valence-electron chi connectivity index (χ3n) is 3.54. The lowest BCUT2D eigenvalue weighted by Gasteiger charge is -2.37. The van der Waals surface area contributed by atoms with Crippen molar-refractivity contribution in [2.75, 3.05) is 18.6 Å². The lowest BCUT2D eigenvalue weighted by atomic mass is 9.86. The van der Waals surface area contributed by atoms with Crippen LogP contribution in [0.4, 0.5) is 10.5 Å². The maximum atomic E-state index is 12.1. The summed E-state index contributed by atoms with van der Waals surface area (Å²) < 4.78 is 9.97. The summed E-state index contributed by atoms with van der Waals surface area (Å²) in [6, 6.07) is 7.27. The van der Waals surface area contributed by atoms with E-state index in [1.54, 1.807) is 11.8 Å². The quantitative estimate of drug-likeness (QED) is 0.780. The first-order chi connectivity index (χ1) is 9.60. The number of ether oxygens (including phenoxy) is 2. The molecular weight excluding hydrogens is 258 g/mol. The van der Waals surface area contributed by atoms with E-state index in [1.807, 2.05) is 31.2 Å². The Labute approximate surface area is 118 Å². The first-order valence-electron chi connectivity index (χ1n) is 6.72. The van der Waals surface area contributed by atoms with Crippen LogP contribution in [0, 0.1) is 0 Å². The third-order valence-corrected chi connectivity index (χ3v) is 3.54. The summed E-state index contributed by atoms with van der Waals surface area (Å²) >= 11 is 0. The maximum absolute atomic E-state index is 12.1. The van der Waals surface area contributed by atoms with Crippen molar-refractivity contribution in [2.45, 2.75) is 32.2 Å². The van der Waals surface area contributed by atoms with Crippen LogP contribution in [0.15, 0.2) is 24.3 Å². The first-order valence-corrected chi connectivity index (χ1v) is 6.72. The molecule has 0 bridgehead atoms. The van der Waals surface area contributed by atoms with Crippen LogP contribution in [-0.4, -0.2) is 31.8 Å². The lowest BCUT2D eigenvalue weighted by Crippen LogP contribution is -2.44. The molecule has 0 spiro atoms. The van der Waals surface area contributed by atoms with Crippen LogP contribution in [-0.2, 0) is 14.3 Å². The Hall–Kier alpha value is -2.04. The van der Waals surface area contributed by atoms with E-state index in [2.05, 4.69) is 0 Å². The molecule has 2 unspecified atom stereocenters. The molecule has 1 aromatic carbocycles. The third kappa shape index (κ3) is 2.48. The standard InChI is InChI=1S/C15H19NO4/c1-4-20-15(18)16-10(2)9-12(14(17)19-3)11-7-5-6-8-13(11)16/h5-8,10,12H,4,9H2,1-3H3. The zero-order valence-electron chi connectivity index (χ0n) is 12.0. The van der Waals surface area contributed by atoms with Crippen molar-refractivity contribution in [3.8, 4) is 0 Å². The normalized spacial score (nSPS) is 21.1. The maximum Gasteiger partial charge on any atom is 0.414 e. The topological polar surface area (TPSA) is 55.8 Å². The van der Waals surface area contributed by atoms with Crippen LogP contribution in [0.5, 0.6) is 0 Å². The van der Waals surface area contributed by atoms with Gasteiger partial charge in [0.1, 0.15) is 0 Å². The van der Waals surface area contributed by atoms with E-state index in [4.69, 9.17) is 9.47 Å². The molecule has 1 amide bonds. The Kier molecular flexibility index (Phi) is 4.27. The Morgan fingerprint density at radius 1 is 1.35 bits per heavy atom. The molecule has 0 N–H and O–H groups in total. The van der Waals surface area contributed by atoms with E-state index in [0.717, 1.165) is 11.3 Å². The van der Waals surface area contributed by atoms with Gasteiger partial charge >= 0.3 is 12.1 Å². The number of para-hydroxylation sites is 1. The fourth-order valence-corrected chi connectivity index (χ4v) is 2.65. The van der Waals surface area contributed by atoms with Crippen LogP contribution in [0.25, 0.3) is 0 Å². The highest BCUT2D eigenvalue weighted by atomic mass is 16.6. The summed E-state index contributed by atoms with van der Waals surface area (Å²) in [5, 5.41) is 0. The molecule has 108 valence electrons. The molecule has 1 aliphatic rings. The number of methoxy groups -OCH3 is 1. The number of fused-ring (bicyclic) bond motifs is 1. The molecule has 0 aliphatic carbocycles. The van der Waals surface area contributed by atoms with Gasteiger partial charge in [-0.2, -0.15) is 0 Å². The van der Waals surface area contributed by atoms with Crippen molar-refractivity contribution in [1.29, 1.82) is 0 Å². The summed E-state index contributed by atoms with van der Waals surface area (Å²) in [5.74, 6) is -0.607. The van der Waals surface area contributed by atoms with Crippen LogP contribution in [0.1, 0.15) is 31.7 Å². The van der Waals surface area contributed by atoms with Crippen molar-refractivity contribution < 1.29 is 19.1 Å². The van der Waals surface area contributed by atoms with E-state index in [1.165, 1.54) is 7.11 Å². The number of anilines is 1. The van der Waals surface area contributed by atoms with Crippen LogP contribution < -0.4 is 4.90 Å². The minimum absolute atomic E-state index is 0.118. The molecule has 0 saturated carbocycles. The highest BCUT2D eigenvalue weighted by Gasteiger charge is 2.37. The number of benzene rings is 1. The SMILES string of the molecule is CCOC(=O)N1c2ccccc2C(C(=O)OC)CC1C. The molecule has 1 heterocycles. The van der Waals surface area contributed by atoms with Gasteiger partial charge in [-0.1, -0.05) is 18.2 Å². The highest BCUT2D eigenvalue weighted by Crippen LogP contribution is 2.39. The second-order valence-corrected chi connectivity index (χ2v) is 4.79. The highest BCUT2D eigenvalue weighted by molar-refractivity contribution is 5.93. The van der Waals surface area contributed by atoms with Crippen molar-refractivity contribution in [3.05, 3.63) is 29.8 Å². The number of carbonyl (C=O) groups excluding carboxylic acids is 2. The minimum Gasteiger partial charge on any atom is -0.469 e. The van der Waals surface area contributed by atoms with Crippen LogP contribution in [0.2, 0.25) is 0 Å². The molecule has 0 aromatic heterocycles. The second kappa shape index (κ2) is 5.94. The second-order valence-electron chi connectivity index (χ2n) is 4.79. The Morgan fingerprint density at radius 2 is 2.05 bits per heavy atom. The van der Waals surface area contributed by atoms with E-state index in [-0.39, 0.29) is 24.0 Å². The van der Waals surface area contributed by atoms with Crippen LogP contribution >= 0.6 is 0 Å². The zero-order valence-corrected chi connectivity index (χ0v) is 12.0. The molecule has 1 aliphatic heterocycles. The van der Waals surface area contributed by atoms with Crippen molar-refractivity contribution in [2.24, 2.45) is 0 Å². The number of esters is 1. The Morgan fingerprint density at radius 3 is 2.70 bits per heavy atom. The van der Waals surface area contributed by atoms with Crippen molar-refractivity contribution >= 4 is 17.7 Å². The van der Waals surface area contributed by atoms with E-state index in [9.17, 15) is 9.59 Å². The van der Waals surface area contributed by atoms with Gasteiger partial charge in [-0.3, -0.25) is 9.69 Å². The average Bonchev–Trinajstić information content (AvgIpc) is 2.45. The molecule has 2 rings (SSSR count). The zero-order chi connectivity index (χ0) is 14.7. The molecule has 20 heavy (non-hydrogen) atoms. The van der Waals surface area contributed by atoms with Gasteiger partial charge in [-0.15, -0.1) is 0 Å². The summed E-state index contributed by atoms with van der Waals surface area (Å²) in [7, 11) is 1.38. The molecule has 2 atom stereocenters. The lowest BCUT2D eigenvalue weighted by molar-refractivity contribution is -0.142. The number of rotatable bonds is 2. The molecular formula is C15H19NO4. The van der Waals surface area contributed by atoms with Gasteiger partial charge in [0.15, 0.2) is 0 Å². The van der Waals surface area contributed by atoms with Gasteiger partial charge in [-0.05, 0) is 31.9 Å². The number of amides is 1. The Balaban J connectivity index is 2.43. The smallest absolute Gasteiger partial charge is 0.414 e. The fourth-order valence-electron chi connectivity index (χ4n) is 2.65. The molecule has 0 saturated heterocycles. The number of nitrogens with zero attached hydrogens (tertiary/aromatic N) is 1. The summed E-state index contributed by atoms with van der Waals surface area (Å²) in [4.78, 5) is 25.6. The monoisotopic (exact) mass is 277 g/mol. The number of hydrogen-bond acceptors (Lipinski definition) is 4. The fraction of sp³-hybridized carbons (Fsp3) is 0.467. The van der Waals surface area contributed by atoms with E-state index in [0.29, 0.717) is 13.0 Å². The number of hydrogen-bond donors (Lipinski definition) is 0. The summed E-state index contributed by atoms with van der Waals surface area (Å²) in [6.07, 6.45) is 0.151. The van der Waals surface area contributed by atoms with Gasteiger partial charge in [0, 0.05) is 6.04 Å². The summed E-state index contributed by atoms with van der Waals surface area (Å²) in [6.45, 7) is 4.00. The van der Waals surface area contributed by atoms with Gasteiger partial charge in [-0.25, -0.2) is 4.79 Å². The van der Waals surface area contributed by atoms with Gasteiger partial charge in [0.25, 0.3) is 0 Å². The largest absolute Gasteiger partial charge is 0.469 e. The molecule has 0 fully saturated rings. The molecule has 5 nitrogen and oxygen atoms in total. The van der Waals surface area contributed by atoms with Crippen molar-refractivity contribution in [3.63, 3.8) is 0 Å². The predicted molar refractivity (Wildman–Crippen MR) is 74.8 cm³/mol.